The molecule has 0 radical (unpaired) electrons. The summed E-state index contributed by atoms with van der Waals surface area (Å²) in [7, 11) is -2.28. The van der Waals surface area contributed by atoms with Crippen molar-refractivity contribution in [1.82, 2.24) is 9.21 Å². The molecular formula is C22H23FN2O4S. The predicted octanol–water partition coefficient (Wildman–Crippen LogP) is 3.20. The van der Waals surface area contributed by atoms with Crippen LogP contribution in [0.1, 0.15) is 5.56 Å². The van der Waals surface area contributed by atoms with E-state index in [1.54, 1.807) is 13.2 Å². The molecule has 1 fully saturated rings. The fraction of sp³-hybridized carbons (Fsp3) is 0.273. The molecule has 0 saturated carbocycles. The van der Waals surface area contributed by atoms with Crippen molar-refractivity contribution in [3.05, 3.63) is 66.0 Å². The summed E-state index contributed by atoms with van der Waals surface area (Å²) in [6.07, 6.45) is 0. The zero-order valence-electron chi connectivity index (χ0n) is 16.6. The molecule has 1 aliphatic heterocycles. The molecule has 0 amide bonds. The minimum absolute atomic E-state index is 0.192. The van der Waals surface area contributed by atoms with Gasteiger partial charge in [0, 0.05) is 38.3 Å². The number of aromatic hydroxyl groups is 1. The molecule has 158 valence electrons. The Kier molecular flexibility index (Phi) is 5.64. The summed E-state index contributed by atoms with van der Waals surface area (Å²) in [6, 6.07) is 14.7. The van der Waals surface area contributed by atoms with Gasteiger partial charge in [-0.3, -0.25) is 4.90 Å². The van der Waals surface area contributed by atoms with Crippen LogP contribution in [0.3, 0.4) is 0 Å². The Labute approximate surface area is 175 Å². The Morgan fingerprint density at radius 1 is 1.03 bits per heavy atom. The van der Waals surface area contributed by atoms with Gasteiger partial charge in [0.05, 0.1) is 7.11 Å². The van der Waals surface area contributed by atoms with Gasteiger partial charge in [-0.05, 0) is 41.1 Å². The number of methoxy groups -OCH3 is 1. The van der Waals surface area contributed by atoms with Crippen molar-refractivity contribution < 1.29 is 22.7 Å². The molecular weight excluding hydrogens is 407 g/mol. The standard InChI is InChI=1S/C22H23FN2O4S/c1-29-17-8-6-16-7-9-21(26)19(18(16)14-17)15-24-10-12-25(13-11-24)30(27,28)22-5-3-2-4-20(22)23/h2-9,14,26H,10-13,15H2,1H3. The molecule has 0 atom stereocenters. The smallest absolute Gasteiger partial charge is 0.246 e. The lowest BCUT2D eigenvalue weighted by Gasteiger charge is -2.34. The van der Waals surface area contributed by atoms with Crippen molar-refractivity contribution in [1.29, 1.82) is 0 Å². The maximum atomic E-state index is 14.0. The average Bonchev–Trinajstić information content (AvgIpc) is 2.76. The lowest BCUT2D eigenvalue weighted by Crippen LogP contribution is -2.48. The molecule has 6 nitrogen and oxygen atoms in total. The molecule has 0 unspecified atom stereocenters. The molecule has 1 saturated heterocycles. The van der Waals surface area contributed by atoms with Gasteiger partial charge in [0.2, 0.25) is 10.0 Å². The number of sulfonamides is 1. The number of halogens is 1. The zero-order valence-corrected chi connectivity index (χ0v) is 17.4. The van der Waals surface area contributed by atoms with Crippen molar-refractivity contribution in [2.24, 2.45) is 0 Å². The maximum Gasteiger partial charge on any atom is 0.246 e. The molecule has 3 aromatic carbocycles. The fourth-order valence-corrected chi connectivity index (χ4v) is 5.27. The van der Waals surface area contributed by atoms with Gasteiger partial charge in [0.25, 0.3) is 0 Å². The molecule has 3 aromatic rings. The van der Waals surface area contributed by atoms with Crippen LogP contribution in [0.5, 0.6) is 11.5 Å². The van der Waals surface area contributed by atoms with Crippen molar-refractivity contribution >= 4 is 20.8 Å². The third-order valence-corrected chi connectivity index (χ3v) is 7.41. The normalized spacial score (nSPS) is 16.1. The van der Waals surface area contributed by atoms with E-state index < -0.39 is 15.8 Å². The highest BCUT2D eigenvalue weighted by molar-refractivity contribution is 7.89. The molecule has 0 aliphatic carbocycles. The Hall–Kier alpha value is -2.68. The van der Waals surface area contributed by atoms with Gasteiger partial charge in [-0.2, -0.15) is 4.31 Å². The third kappa shape index (κ3) is 3.86. The van der Waals surface area contributed by atoms with Crippen LogP contribution in [0, 0.1) is 5.82 Å². The first-order valence-corrected chi connectivity index (χ1v) is 11.1. The van der Waals surface area contributed by atoms with Crippen molar-refractivity contribution in [2.45, 2.75) is 11.4 Å². The first kappa shape index (κ1) is 20.6. The summed E-state index contributed by atoms with van der Waals surface area (Å²) in [5.74, 6) is 0.155. The molecule has 30 heavy (non-hydrogen) atoms. The monoisotopic (exact) mass is 430 g/mol. The first-order chi connectivity index (χ1) is 14.4. The Morgan fingerprint density at radius 2 is 1.73 bits per heavy atom. The van der Waals surface area contributed by atoms with Gasteiger partial charge in [0.15, 0.2) is 0 Å². The second-order valence-electron chi connectivity index (χ2n) is 7.26. The second-order valence-corrected chi connectivity index (χ2v) is 9.17. The van der Waals surface area contributed by atoms with Gasteiger partial charge >= 0.3 is 0 Å². The molecule has 8 heteroatoms. The largest absolute Gasteiger partial charge is 0.508 e. The Morgan fingerprint density at radius 3 is 2.43 bits per heavy atom. The lowest BCUT2D eigenvalue weighted by molar-refractivity contribution is 0.180. The van der Waals surface area contributed by atoms with Crippen LogP contribution in [-0.2, 0) is 16.6 Å². The first-order valence-electron chi connectivity index (χ1n) is 9.66. The fourth-order valence-electron chi connectivity index (χ4n) is 3.79. The van der Waals surface area contributed by atoms with E-state index in [0.29, 0.717) is 25.4 Å². The number of phenols is 1. The molecule has 0 bridgehead atoms. The number of piperazine rings is 1. The van der Waals surface area contributed by atoms with Gasteiger partial charge < -0.3 is 9.84 Å². The molecule has 1 heterocycles. The van der Waals surface area contributed by atoms with Gasteiger partial charge in [-0.15, -0.1) is 0 Å². The number of phenolic OH excluding ortho intramolecular Hbond substituents is 1. The van der Waals surface area contributed by atoms with E-state index in [1.165, 1.54) is 22.5 Å². The van der Waals surface area contributed by atoms with Crippen LogP contribution >= 0.6 is 0 Å². The average molecular weight is 431 g/mol. The van der Waals surface area contributed by atoms with Crippen LogP contribution in [0.15, 0.2) is 59.5 Å². The lowest BCUT2D eigenvalue weighted by atomic mass is 10.0. The molecule has 1 N–H and O–H groups in total. The van der Waals surface area contributed by atoms with Crippen molar-refractivity contribution in [3.63, 3.8) is 0 Å². The highest BCUT2D eigenvalue weighted by atomic mass is 32.2. The van der Waals surface area contributed by atoms with Crippen LogP contribution in [-0.4, -0.2) is 56.0 Å². The van der Waals surface area contributed by atoms with Gasteiger partial charge in [-0.1, -0.05) is 24.3 Å². The van der Waals surface area contributed by atoms with Gasteiger partial charge in [-0.25, -0.2) is 12.8 Å². The number of benzene rings is 3. The SMILES string of the molecule is COc1ccc2ccc(O)c(CN3CCN(S(=O)(=O)c4ccccc4F)CC3)c2c1. The number of nitrogens with zero attached hydrogens (tertiary/aromatic N) is 2. The summed E-state index contributed by atoms with van der Waals surface area (Å²) < 4.78 is 46.2. The van der Waals surface area contributed by atoms with Gasteiger partial charge in [0.1, 0.15) is 22.2 Å². The van der Waals surface area contributed by atoms with E-state index in [0.717, 1.165) is 22.4 Å². The summed E-state index contributed by atoms with van der Waals surface area (Å²) in [4.78, 5) is 1.79. The van der Waals surface area contributed by atoms with Crippen molar-refractivity contribution in [2.75, 3.05) is 33.3 Å². The Bertz CT molecular complexity index is 1170. The Balaban J connectivity index is 1.52. The summed E-state index contributed by atoms with van der Waals surface area (Å²) in [6.45, 7) is 1.95. The van der Waals surface area contributed by atoms with Crippen LogP contribution in [0.25, 0.3) is 10.8 Å². The minimum atomic E-state index is -3.88. The number of hydrogen-bond donors (Lipinski definition) is 1. The summed E-state index contributed by atoms with van der Waals surface area (Å²) in [5, 5.41) is 12.3. The van der Waals surface area contributed by atoms with Crippen LogP contribution < -0.4 is 4.74 Å². The number of ether oxygens (including phenoxy) is 1. The summed E-state index contributed by atoms with van der Waals surface area (Å²) >= 11 is 0. The van der Waals surface area contributed by atoms with E-state index in [4.69, 9.17) is 4.74 Å². The zero-order chi connectivity index (χ0) is 21.3. The van der Waals surface area contributed by atoms with E-state index in [9.17, 15) is 17.9 Å². The van der Waals surface area contributed by atoms with Crippen LogP contribution in [0.2, 0.25) is 0 Å². The van der Waals surface area contributed by atoms with Crippen molar-refractivity contribution in [3.8, 4) is 11.5 Å². The molecule has 1 aliphatic rings. The van der Waals surface area contributed by atoms with Crippen LogP contribution in [0.4, 0.5) is 4.39 Å². The van der Waals surface area contributed by atoms with E-state index in [-0.39, 0.29) is 23.7 Å². The number of rotatable bonds is 5. The van der Waals surface area contributed by atoms with E-state index in [2.05, 4.69) is 4.90 Å². The molecule has 0 aromatic heterocycles. The number of fused-ring (bicyclic) bond motifs is 1. The maximum absolute atomic E-state index is 14.0. The highest BCUT2D eigenvalue weighted by Gasteiger charge is 2.30. The second kappa shape index (κ2) is 8.22. The molecule has 0 spiro atoms. The minimum Gasteiger partial charge on any atom is -0.508 e. The van der Waals surface area contributed by atoms with E-state index in [1.807, 2.05) is 24.3 Å². The topological polar surface area (TPSA) is 70.1 Å². The quantitative estimate of drug-likeness (QED) is 0.673. The molecule has 4 rings (SSSR count). The summed E-state index contributed by atoms with van der Waals surface area (Å²) in [5.41, 5.74) is 0.775. The highest BCUT2D eigenvalue weighted by Crippen LogP contribution is 2.31. The number of hydrogen-bond acceptors (Lipinski definition) is 5. The predicted molar refractivity (Wildman–Crippen MR) is 113 cm³/mol. The van der Waals surface area contributed by atoms with E-state index >= 15 is 0 Å². The third-order valence-electron chi connectivity index (χ3n) is 5.48.